The van der Waals surface area contributed by atoms with Crippen molar-refractivity contribution in [2.45, 2.75) is 26.2 Å². The third-order valence-corrected chi connectivity index (χ3v) is 5.17. The topological polar surface area (TPSA) is 0 Å². The van der Waals surface area contributed by atoms with Gasteiger partial charge in [0.2, 0.25) is 0 Å². The van der Waals surface area contributed by atoms with E-state index in [0.29, 0.717) is 5.92 Å². The molecule has 124 valence electrons. The van der Waals surface area contributed by atoms with Crippen LogP contribution in [0.25, 0.3) is 0 Å². The summed E-state index contributed by atoms with van der Waals surface area (Å²) >= 11 is 2.26. The van der Waals surface area contributed by atoms with Crippen molar-refractivity contribution in [3.63, 3.8) is 0 Å². The standard InChI is InChI=1S/C20H19.3ClH.Ti/c1-15-13-14-16(2)19(15)20(17-9-5-3-6-10-17)18-11-7-4-8-12-18;;;;/h3-12,20H,13H2,1-2H3;3*1H;/q;;;;+3/p-3. The van der Waals surface area contributed by atoms with E-state index in [2.05, 4.69) is 94.9 Å². The van der Waals surface area contributed by atoms with Crippen LogP contribution in [0.4, 0.5) is 0 Å². The second-order valence-electron chi connectivity index (χ2n) is 5.73. The molecular weight excluding hydrogens is 394 g/mol. The molecule has 4 heteroatoms. The van der Waals surface area contributed by atoms with Gasteiger partial charge in [-0.3, -0.25) is 0 Å². The summed E-state index contributed by atoms with van der Waals surface area (Å²) in [4.78, 5) is 0. The first-order valence-electron chi connectivity index (χ1n) is 7.39. The van der Waals surface area contributed by atoms with Gasteiger partial charge in [0.05, 0.1) is 0 Å². The van der Waals surface area contributed by atoms with Gasteiger partial charge in [-0.2, -0.15) is 0 Å². The molecule has 0 N–H and O–H groups in total. The van der Waals surface area contributed by atoms with Gasteiger partial charge in [-0.15, -0.1) is 0 Å². The summed E-state index contributed by atoms with van der Waals surface area (Å²) in [5.41, 5.74) is 7.28. The Hall–Kier alpha value is -0.496. The van der Waals surface area contributed by atoms with Crippen LogP contribution in [0.15, 0.2) is 81.3 Å². The zero-order valence-corrected chi connectivity index (χ0v) is 17.5. The van der Waals surface area contributed by atoms with Crippen molar-refractivity contribution in [2.24, 2.45) is 0 Å². The fourth-order valence-electron chi connectivity index (χ4n) is 3.26. The number of rotatable bonds is 3. The Bertz CT molecular complexity index is 667. The smallest absolute Gasteiger partial charge is 1.00 e. The molecule has 0 atom stereocenters. The molecule has 0 saturated carbocycles. The number of halogens is 3. The molecule has 1 aliphatic rings. The van der Waals surface area contributed by atoms with Crippen molar-refractivity contribution in [2.75, 3.05) is 0 Å². The van der Waals surface area contributed by atoms with E-state index in [1.165, 1.54) is 31.7 Å². The van der Waals surface area contributed by atoms with Crippen molar-refractivity contribution in [3.05, 3.63) is 92.4 Å². The Labute approximate surface area is 175 Å². The molecule has 0 saturated heterocycles. The van der Waals surface area contributed by atoms with Gasteiger partial charge in [0.25, 0.3) is 0 Å². The Morgan fingerprint density at radius 1 is 0.750 bits per heavy atom. The van der Waals surface area contributed by atoms with Crippen molar-refractivity contribution in [3.8, 4) is 0 Å². The molecule has 0 heterocycles. The van der Waals surface area contributed by atoms with Gasteiger partial charge in [-0.1, -0.05) is 0 Å². The summed E-state index contributed by atoms with van der Waals surface area (Å²) in [6, 6.07) is 21.7. The predicted octanol–water partition coefficient (Wildman–Crippen LogP) is -3.63. The number of hydrogen-bond donors (Lipinski definition) is 0. The van der Waals surface area contributed by atoms with Gasteiger partial charge in [-0.05, 0) is 0 Å². The Balaban J connectivity index is 0.00000176. The zero-order chi connectivity index (χ0) is 14.8. The largest absolute Gasteiger partial charge is 1.00 e. The zero-order valence-electron chi connectivity index (χ0n) is 13.7. The monoisotopic (exact) mass is 412 g/mol. The molecule has 2 aromatic rings. The number of hydrogen-bond acceptors (Lipinski definition) is 0. The van der Waals surface area contributed by atoms with Gasteiger partial charge in [0.15, 0.2) is 0 Å². The van der Waals surface area contributed by atoms with E-state index in [1.807, 2.05) is 0 Å². The molecule has 0 unspecified atom stereocenters. The van der Waals surface area contributed by atoms with Crippen LogP contribution in [0.3, 0.4) is 0 Å². The van der Waals surface area contributed by atoms with Gasteiger partial charge < -0.3 is 37.2 Å². The van der Waals surface area contributed by atoms with Crippen LogP contribution in [0, 0.1) is 0 Å². The first kappa shape index (κ1) is 23.5. The quantitative estimate of drug-likeness (QED) is 0.456. The van der Waals surface area contributed by atoms with Crippen LogP contribution in [0.2, 0.25) is 0 Å². The van der Waals surface area contributed by atoms with Gasteiger partial charge >= 0.3 is 139 Å². The molecule has 0 nitrogen and oxygen atoms in total. The average Bonchev–Trinajstić information content (AvgIpc) is 2.76. The summed E-state index contributed by atoms with van der Waals surface area (Å²) < 4.78 is 1.51. The molecule has 0 aromatic heterocycles. The molecule has 2 aromatic carbocycles. The minimum absolute atomic E-state index is 0. The summed E-state index contributed by atoms with van der Waals surface area (Å²) in [7, 11) is 0. The van der Waals surface area contributed by atoms with E-state index in [4.69, 9.17) is 0 Å². The third kappa shape index (κ3) is 4.78. The summed E-state index contributed by atoms with van der Waals surface area (Å²) in [6.07, 6.45) is 1.12. The second-order valence-corrected chi connectivity index (χ2v) is 6.67. The minimum Gasteiger partial charge on any atom is -1.00 e. The molecular formula is C20H19Cl3Ti. The second kappa shape index (κ2) is 10.5. The van der Waals surface area contributed by atoms with Crippen LogP contribution < -0.4 is 37.2 Å². The summed E-state index contributed by atoms with van der Waals surface area (Å²) in [6.45, 7) is 4.56. The Morgan fingerprint density at radius 3 is 1.50 bits per heavy atom. The van der Waals surface area contributed by atoms with Crippen molar-refractivity contribution in [1.82, 2.24) is 0 Å². The fourth-order valence-corrected chi connectivity index (χ4v) is 3.88. The van der Waals surface area contributed by atoms with Crippen molar-refractivity contribution < 1.29 is 57.7 Å². The molecule has 0 bridgehead atoms. The van der Waals surface area contributed by atoms with Crippen LogP contribution >= 0.6 is 0 Å². The molecule has 0 fully saturated rings. The van der Waals surface area contributed by atoms with E-state index in [0.717, 1.165) is 6.42 Å². The van der Waals surface area contributed by atoms with E-state index in [-0.39, 0.29) is 37.2 Å². The maximum Gasteiger partial charge on any atom is -1.00 e. The van der Waals surface area contributed by atoms with E-state index >= 15 is 0 Å². The summed E-state index contributed by atoms with van der Waals surface area (Å²) in [5, 5.41) is 0. The maximum atomic E-state index is 2.29. The molecule has 0 aliphatic heterocycles. The molecule has 1 aliphatic carbocycles. The summed E-state index contributed by atoms with van der Waals surface area (Å²) in [5.74, 6) is 0.352. The van der Waals surface area contributed by atoms with Gasteiger partial charge in [0, 0.05) is 0 Å². The first-order valence-corrected chi connectivity index (χ1v) is 8.18. The number of benzene rings is 2. The van der Waals surface area contributed by atoms with E-state index in [1.54, 1.807) is 0 Å². The molecule has 0 spiro atoms. The molecule has 3 rings (SSSR count). The maximum absolute atomic E-state index is 2.29. The minimum atomic E-state index is 0. The predicted molar refractivity (Wildman–Crippen MR) is 84.7 cm³/mol. The van der Waals surface area contributed by atoms with E-state index in [9.17, 15) is 0 Å². The van der Waals surface area contributed by atoms with Gasteiger partial charge in [-0.25, -0.2) is 0 Å². The van der Waals surface area contributed by atoms with Crippen molar-refractivity contribution >= 4 is 0 Å². The SMILES string of the molecule is CC1=C(C(c2ccccc2)c2ccccc2)C(C)=[C]([Ti+3])C1.[Cl-].[Cl-].[Cl-]. The van der Waals surface area contributed by atoms with Crippen LogP contribution in [0.5, 0.6) is 0 Å². The normalized spacial score (nSPS) is 13.4. The Kier molecular flexibility index (Phi) is 10.3. The Morgan fingerprint density at radius 2 is 1.17 bits per heavy atom. The third-order valence-electron chi connectivity index (χ3n) is 4.31. The molecule has 0 radical (unpaired) electrons. The fraction of sp³-hybridized carbons (Fsp3) is 0.200. The van der Waals surface area contributed by atoms with E-state index < -0.39 is 0 Å². The van der Waals surface area contributed by atoms with Crippen LogP contribution in [-0.2, 0) is 20.4 Å². The average molecular weight is 414 g/mol. The first-order chi connectivity index (χ1) is 10.2. The van der Waals surface area contributed by atoms with Gasteiger partial charge in [0.1, 0.15) is 0 Å². The van der Waals surface area contributed by atoms with Crippen LogP contribution in [0.1, 0.15) is 37.3 Å². The molecule has 0 amide bonds. The van der Waals surface area contributed by atoms with Crippen molar-refractivity contribution in [1.29, 1.82) is 0 Å². The van der Waals surface area contributed by atoms with Crippen LogP contribution in [-0.4, -0.2) is 0 Å². The number of allylic oxidation sites excluding steroid dienone is 4. The molecule has 24 heavy (non-hydrogen) atoms.